The number of aromatic carboxylic acids is 1. The van der Waals surface area contributed by atoms with Gasteiger partial charge in [-0.25, -0.2) is 9.18 Å². The molecule has 5 heteroatoms. The normalized spacial score (nSPS) is 10.2. The van der Waals surface area contributed by atoms with Gasteiger partial charge in [-0.3, -0.25) is 0 Å². The molecule has 0 aliphatic heterocycles. The van der Waals surface area contributed by atoms with Crippen molar-refractivity contribution < 1.29 is 14.3 Å². The number of carboxylic acids is 1. The minimum atomic E-state index is -1.07. The average molecular weight is 249 g/mol. The standard InChI is InChI=1S/C12H8FNO2S/c13-8-3-1-7(2-4-8)10-6-5-9(12(15)16)11(17)14-10/h1-6H,(H,14,17)(H,15,16). The highest BCUT2D eigenvalue weighted by atomic mass is 32.1. The van der Waals surface area contributed by atoms with E-state index in [0.717, 1.165) is 5.56 Å². The first-order chi connectivity index (χ1) is 8.08. The van der Waals surface area contributed by atoms with Crippen LogP contribution in [-0.4, -0.2) is 16.1 Å². The molecule has 0 aliphatic carbocycles. The second-order valence-corrected chi connectivity index (χ2v) is 3.84. The number of nitrogens with one attached hydrogen (secondary N) is 1. The van der Waals surface area contributed by atoms with E-state index in [2.05, 4.69) is 4.98 Å². The Kier molecular flexibility index (Phi) is 3.01. The number of carboxylic acid groups (broad SMARTS) is 1. The van der Waals surface area contributed by atoms with Crippen LogP contribution in [0.1, 0.15) is 10.4 Å². The van der Waals surface area contributed by atoms with Crippen LogP contribution in [0.3, 0.4) is 0 Å². The molecule has 0 fully saturated rings. The molecule has 0 aliphatic rings. The molecular formula is C12H8FNO2S. The monoisotopic (exact) mass is 249 g/mol. The first-order valence-electron chi connectivity index (χ1n) is 4.80. The Bertz CT molecular complexity index is 619. The molecule has 1 heterocycles. The molecular weight excluding hydrogens is 241 g/mol. The van der Waals surface area contributed by atoms with Gasteiger partial charge in [-0.15, -0.1) is 0 Å². The van der Waals surface area contributed by atoms with Crippen molar-refractivity contribution in [3.8, 4) is 11.3 Å². The lowest BCUT2D eigenvalue weighted by Gasteiger charge is -2.03. The van der Waals surface area contributed by atoms with Crippen molar-refractivity contribution in [1.29, 1.82) is 0 Å². The summed E-state index contributed by atoms with van der Waals surface area (Å²) in [6, 6.07) is 8.88. The van der Waals surface area contributed by atoms with Gasteiger partial charge in [0.2, 0.25) is 0 Å². The molecule has 0 bridgehead atoms. The van der Waals surface area contributed by atoms with Gasteiger partial charge in [0.05, 0.1) is 5.56 Å². The van der Waals surface area contributed by atoms with E-state index < -0.39 is 5.97 Å². The largest absolute Gasteiger partial charge is 0.478 e. The third-order valence-corrected chi connectivity index (χ3v) is 2.62. The van der Waals surface area contributed by atoms with Crippen LogP contribution in [-0.2, 0) is 0 Å². The Morgan fingerprint density at radius 1 is 1.18 bits per heavy atom. The molecule has 2 N–H and O–H groups in total. The van der Waals surface area contributed by atoms with Crippen molar-refractivity contribution in [2.45, 2.75) is 0 Å². The highest BCUT2D eigenvalue weighted by Gasteiger charge is 2.06. The number of H-pyrrole nitrogens is 1. The van der Waals surface area contributed by atoms with Crippen LogP contribution in [0.4, 0.5) is 4.39 Å². The minimum Gasteiger partial charge on any atom is -0.478 e. The zero-order chi connectivity index (χ0) is 12.4. The van der Waals surface area contributed by atoms with Crippen LogP contribution >= 0.6 is 12.2 Å². The zero-order valence-electron chi connectivity index (χ0n) is 8.61. The van der Waals surface area contributed by atoms with Crippen LogP contribution in [0.2, 0.25) is 0 Å². The van der Waals surface area contributed by atoms with Gasteiger partial charge in [-0.1, -0.05) is 12.2 Å². The highest BCUT2D eigenvalue weighted by Crippen LogP contribution is 2.18. The number of hydrogen-bond donors (Lipinski definition) is 2. The van der Waals surface area contributed by atoms with Crippen LogP contribution in [0, 0.1) is 10.5 Å². The molecule has 3 nitrogen and oxygen atoms in total. The molecule has 0 saturated heterocycles. The highest BCUT2D eigenvalue weighted by molar-refractivity contribution is 7.71. The number of halogens is 1. The summed E-state index contributed by atoms with van der Waals surface area (Å²) in [6.45, 7) is 0. The fourth-order valence-corrected chi connectivity index (χ4v) is 1.71. The van der Waals surface area contributed by atoms with Gasteiger partial charge < -0.3 is 10.1 Å². The summed E-state index contributed by atoms with van der Waals surface area (Å²) >= 11 is 4.93. The first kappa shape index (κ1) is 11.5. The number of benzene rings is 1. The Labute approximate surface area is 102 Å². The van der Waals surface area contributed by atoms with Crippen LogP contribution < -0.4 is 0 Å². The third kappa shape index (κ3) is 2.39. The van der Waals surface area contributed by atoms with Crippen molar-refractivity contribution in [3.63, 3.8) is 0 Å². The average Bonchev–Trinajstić information content (AvgIpc) is 2.29. The molecule has 1 aromatic heterocycles. The van der Waals surface area contributed by atoms with Gasteiger partial charge in [0.1, 0.15) is 10.5 Å². The fourth-order valence-electron chi connectivity index (χ4n) is 1.44. The molecule has 0 spiro atoms. The maximum atomic E-state index is 12.7. The van der Waals surface area contributed by atoms with Gasteiger partial charge in [0, 0.05) is 5.69 Å². The first-order valence-corrected chi connectivity index (χ1v) is 5.21. The summed E-state index contributed by atoms with van der Waals surface area (Å²) in [5.74, 6) is -1.40. The van der Waals surface area contributed by atoms with E-state index in [1.54, 1.807) is 18.2 Å². The molecule has 86 valence electrons. The van der Waals surface area contributed by atoms with Crippen molar-refractivity contribution in [2.24, 2.45) is 0 Å². The van der Waals surface area contributed by atoms with Crippen molar-refractivity contribution >= 4 is 18.2 Å². The lowest BCUT2D eigenvalue weighted by Crippen LogP contribution is -1.99. The Hall–Kier alpha value is -2.01. The van der Waals surface area contributed by atoms with E-state index in [0.29, 0.717) is 5.69 Å². The molecule has 0 saturated carbocycles. The smallest absolute Gasteiger partial charge is 0.338 e. The zero-order valence-corrected chi connectivity index (χ0v) is 9.42. The van der Waals surface area contributed by atoms with E-state index in [1.807, 2.05) is 0 Å². The number of pyridine rings is 1. The number of carbonyl (C=O) groups is 1. The summed E-state index contributed by atoms with van der Waals surface area (Å²) in [7, 11) is 0. The summed E-state index contributed by atoms with van der Waals surface area (Å²) in [5.41, 5.74) is 1.44. The number of hydrogen-bond acceptors (Lipinski definition) is 2. The summed E-state index contributed by atoms with van der Waals surface area (Å²) in [5, 5.41) is 8.83. The van der Waals surface area contributed by atoms with Crippen molar-refractivity contribution in [1.82, 2.24) is 4.98 Å². The predicted molar refractivity (Wildman–Crippen MR) is 64.0 cm³/mol. The summed E-state index contributed by atoms with van der Waals surface area (Å²) in [4.78, 5) is 13.6. The van der Waals surface area contributed by atoms with Crippen LogP contribution in [0.25, 0.3) is 11.3 Å². The lowest BCUT2D eigenvalue weighted by atomic mass is 10.1. The molecule has 1 aromatic carbocycles. The van der Waals surface area contributed by atoms with Crippen LogP contribution in [0.5, 0.6) is 0 Å². The topological polar surface area (TPSA) is 53.1 Å². The molecule has 0 amide bonds. The van der Waals surface area contributed by atoms with E-state index >= 15 is 0 Å². The lowest BCUT2D eigenvalue weighted by molar-refractivity contribution is 0.0696. The van der Waals surface area contributed by atoms with Gasteiger partial charge in [-0.2, -0.15) is 0 Å². The fraction of sp³-hybridized carbons (Fsp3) is 0. The maximum Gasteiger partial charge on any atom is 0.338 e. The Morgan fingerprint density at radius 2 is 1.82 bits per heavy atom. The summed E-state index contributed by atoms with van der Waals surface area (Å²) < 4.78 is 12.9. The number of aromatic nitrogens is 1. The minimum absolute atomic E-state index is 0.0471. The molecule has 0 unspecified atom stereocenters. The number of rotatable bonds is 2. The van der Waals surface area contributed by atoms with Gasteiger partial charge in [-0.05, 0) is 42.0 Å². The van der Waals surface area contributed by atoms with E-state index in [9.17, 15) is 9.18 Å². The summed E-state index contributed by atoms with van der Waals surface area (Å²) in [6.07, 6.45) is 0. The van der Waals surface area contributed by atoms with Gasteiger partial charge >= 0.3 is 5.97 Å². The Morgan fingerprint density at radius 3 is 2.35 bits per heavy atom. The molecule has 17 heavy (non-hydrogen) atoms. The van der Waals surface area contributed by atoms with Gasteiger partial charge in [0.25, 0.3) is 0 Å². The van der Waals surface area contributed by atoms with E-state index in [4.69, 9.17) is 17.3 Å². The SMILES string of the molecule is O=C(O)c1ccc(-c2ccc(F)cc2)[nH]c1=S. The quantitative estimate of drug-likeness (QED) is 0.803. The maximum absolute atomic E-state index is 12.7. The molecule has 2 rings (SSSR count). The van der Waals surface area contributed by atoms with Gasteiger partial charge in [0.15, 0.2) is 0 Å². The van der Waals surface area contributed by atoms with Crippen molar-refractivity contribution in [3.05, 3.63) is 52.4 Å². The molecule has 0 atom stereocenters. The molecule has 0 radical (unpaired) electrons. The number of aromatic amines is 1. The van der Waals surface area contributed by atoms with E-state index in [1.165, 1.54) is 18.2 Å². The second kappa shape index (κ2) is 4.47. The van der Waals surface area contributed by atoms with Crippen molar-refractivity contribution in [2.75, 3.05) is 0 Å². The predicted octanol–water partition coefficient (Wildman–Crippen LogP) is 3.25. The second-order valence-electron chi connectivity index (χ2n) is 3.43. The van der Waals surface area contributed by atoms with Crippen LogP contribution in [0.15, 0.2) is 36.4 Å². The third-order valence-electron chi connectivity index (χ3n) is 2.30. The molecule has 2 aromatic rings. The van der Waals surface area contributed by atoms with E-state index in [-0.39, 0.29) is 16.0 Å². The Balaban J connectivity index is 2.48.